The van der Waals surface area contributed by atoms with E-state index in [9.17, 15) is 13.2 Å². The molecule has 0 bridgehead atoms. The molecule has 4 rings (SSSR count). The van der Waals surface area contributed by atoms with Gasteiger partial charge in [0, 0.05) is 28.4 Å². The average Bonchev–Trinajstić information content (AvgIpc) is 3.16. The van der Waals surface area contributed by atoms with Gasteiger partial charge in [-0.3, -0.25) is 0 Å². The van der Waals surface area contributed by atoms with Gasteiger partial charge in [-0.15, -0.1) is 11.3 Å². The standard InChI is InChI=1S/C19H17ClF3N3S/c20-12-6-7-17(15(10-12)19(21,22)23)26-18-14(5-1-2-8-24-18)16(25-26)11-13-4-3-9-27-13/h3-4,6-7,9-10,24H,1-2,5,8,11H2. The summed E-state index contributed by atoms with van der Waals surface area (Å²) in [6, 6.07) is 7.80. The van der Waals surface area contributed by atoms with Gasteiger partial charge in [0.2, 0.25) is 0 Å². The van der Waals surface area contributed by atoms with E-state index < -0.39 is 11.7 Å². The van der Waals surface area contributed by atoms with Crippen LogP contribution in [-0.2, 0) is 19.0 Å². The topological polar surface area (TPSA) is 29.9 Å². The Kier molecular flexibility index (Phi) is 4.90. The zero-order valence-electron chi connectivity index (χ0n) is 14.3. The maximum Gasteiger partial charge on any atom is 0.418 e. The van der Waals surface area contributed by atoms with Gasteiger partial charge in [0.05, 0.1) is 16.9 Å². The molecule has 0 radical (unpaired) electrons. The van der Waals surface area contributed by atoms with Gasteiger partial charge in [0.25, 0.3) is 0 Å². The van der Waals surface area contributed by atoms with Gasteiger partial charge in [-0.05, 0) is 48.9 Å². The van der Waals surface area contributed by atoms with Crippen LogP contribution in [0.2, 0.25) is 5.02 Å². The molecular weight excluding hydrogens is 395 g/mol. The zero-order valence-corrected chi connectivity index (χ0v) is 15.9. The van der Waals surface area contributed by atoms with Gasteiger partial charge >= 0.3 is 6.18 Å². The normalized spacial score (nSPS) is 14.5. The zero-order chi connectivity index (χ0) is 19.0. The highest BCUT2D eigenvalue weighted by Crippen LogP contribution is 2.38. The highest BCUT2D eigenvalue weighted by atomic mass is 35.5. The number of nitrogens with zero attached hydrogens (tertiary/aromatic N) is 2. The first-order valence-electron chi connectivity index (χ1n) is 8.67. The van der Waals surface area contributed by atoms with E-state index in [0.29, 0.717) is 18.8 Å². The Bertz CT molecular complexity index is 948. The third-order valence-electron chi connectivity index (χ3n) is 4.63. The summed E-state index contributed by atoms with van der Waals surface area (Å²) >= 11 is 7.46. The number of benzene rings is 1. The maximum absolute atomic E-state index is 13.6. The maximum atomic E-state index is 13.6. The van der Waals surface area contributed by atoms with Crippen molar-refractivity contribution in [2.45, 2.75) is 31.9 Å². The fraction of sp³-hybridized carbons (Fsp3) is 0.316. The summed E-state index contributed by atoms with van der Waals surface area (Å²) in [4.78, 5) is 1.14. The van der Waals surface area contributed by atoms with E-state index in [2.05, 4.69) is 10.4 Å². The summed E-state index contributed by atoms with van der Waals surface area (Å²) in [6.07, 6.45) is -1.14. The van der Waals surface area contributed by atoms with Gasteiger partial charge in [-0.1, -0.05) is 17.7 Å². The molecule has 0 aliphatic carbocycles. The number of hydrogen-bond donors (Lipinski definition) is 1. The van der Waals surface area contributed by atoms with E-state index in [-0.39, 0.29) is 10.7 Å². The Hall–Kier alpha value is -1.99. The lowest BCUT2D eigenvalue weighted by Gasteiger charge is -2.16. The molecule has 1 aliphatic rings. The first-order chi connectivity index (χ1) is 12.9. The predicted molar refractivity (Wildman–Crippen MR) is 102 cm³/mol. The van der Waals surface area contributed by atoms with Crippen molar-refractivity contribution in [2.75, 3.05) is 11.9 Å². The van der Waals surface area contributed by atoms with Crippen molar-refractivity contribution in [3.63, 3.8) is 0 Å². The molecule has 0 atom stereocenters. The van der Waals surface area contributed by atoms with E-state index in [1.165, 1.54) is 16.8 Å². The van der Waals surface area contributed by atoms with Crippen molar-refractivity contribution in [1.29, 1.82) is 0 Å². The number of hydrogen-bond acceptors (Lipinski definition) is 3. The van der Waals surface area contributed by atoms with Crippen molar-refractivity contribution in [3.05, 3.63) is 62.4 Å². The molecule has 1 N–H and O–H groups in total. The molecule has 1 aliphatic heterocycles. The van der Waals surface area contributed by atoms with E-state index in [4.69, 9.17) is 11.6 Å². The second kappa shape index (κ2) is 7.20. The minimum absolute atomic E-state index is 0.00465. The third-order valence-corrected chi connectivity index (χ3v) is 5.74. The van der Waals surface area contributed by atoms with Crippen LogP contribution in [0, 0.1) is 0 Å². The molecule has 3 aromatic rings. The second-order valence-electron chi connectivity index (χ2n) is 6.48. The summed E-state index contributed by atoms with van der Waals surface area (Å²) in [6.45, 7) is 0.714. The van der Waals surface area contributed by atoms with Crippen molar-refractivity contribution in [1.82, 2.24) is 9.78 Å². The first-order valence-corrected chi connectivity index (χ1v) is 9.93. The Labute approximate surface area is 163 Å². The molecule has 0 saturated carbocycles. The molecule has 142 valence electrons. The average molecular weight is 412 g/mol. The summed E-state index contributed by atoms with van der Waals surface area (Å²) in [5.74, 6) is 0.659. The first kappa shape index (κ1) is 18.4. The van der Waals surface area contributed by atoms with Crippen LogP contribution in [0.1, 0.15) is 34.5 Å². The van der Waals surface area contributed by atoms with Crippen molar-refractivity contribution >= 4 is 28.8 Å². The number of alkyl halides is 3. The molecule has 3 nitrogen and oxygen atoms in total. The molecule has 27 heavy (non-hydrogen) atoms. The van der Waals surface area contributed by atoms with Crippen LogP contribution in [0.15, 0.2) is 35.7 Å². The number of thiophene rings is 1. The van der Waals surface area contributed by atoms with E-state index in [0.717, 1.165) is 41.5 Å². The minimum Gasteiger partial charge on any atom is -0.370 e. The lowest BCUT2D eigenvalue weighted by molar-refractivity contribution is -0.137. The van der Waals surface area contributed by atoms with E-state index in [1.807, 2.05) is 17.5 Å². The molecular formula is C19H17ClF3N3S. The highest BCUT2D eigenvalue weighted by molar-refractivity contribution is 7.09. The van der Waals surface area contributed by atoms with Crippen molar-refractivity contribution in [3.8, 4) is 5.69 Å². The summed E-state index contributed by atoms with van der Waals surface area (Å²) in [5.41, 5.74) is 1.04. The Morgan fingerprint density at radius 2 is 2.07 bits per heavy atom. The van der Waals surface area contributed by atoms with Gasteiger partial charge in [0.15, 0.2) is 0 Å². The van der Waals surface area contributed by atoms with Crippen LogP contribution in [0.3, 0.4) is 0 Å². The van der Waals surface area contributed by atoms with Crippen molar-refractivity contribution in [2.24, 2.45) is 0 Å². The molecule has 0 unspecified atom stereocenters. The smallest absolute Gasteiger partial charge is 0.370 e. The fourth-order valence-corrected chi connectivity index (χ4v) is 4.27. The molecule has 0 amide bonds. The third kappa shape index (κ3) is 3.71. The number of anilines is 1. The quantitative estimate of drug-likeness (QED) is 0.577. The monoisotopic (exact) mass is 411 g/mol. The Morgan fingerprint density at radius 3 is 2.81 bits per heavy atom. The largest absolute Gasteiger partial charge is 0.418 e. The van der Waals surface area contributed by atoms with Crippen LogP contribution in [0.4, 0.5) is 19.0 Å². The molecule has 0 spiro atoms. The molecule has 2 aromatic heterocycles. The van der Waals surface area contributed by atoms with Gasteiger partial charge in [-0.2, -0.15) is 18.3 Å². The molecule has 0 fully saturated rings. The van der Waals surface area contributed by atoms with Crippen LogP contribution in [0.5, 0.6) is 0 Å². The summed E-state index contributed by atoms with van der Waals surface area (Å²) in [7, 11) is 0. The fourth-order valence-electron chi connectivity index (χ4n) is 3.39. The van der Waals surface area contributed by atoms with Crippen LogP contribution in [0.25, 0.3) is 5.69 Å². The summed E-state index contributed by atoms with van der Waals surface area (Å²) < 4.78 is 42.3. The number of fused-ring (bicyclic) bond motifs is 1. The van der Waals surface area contributed by atoms with Gasteiger partial charge < -0.3 is 5.32 Å². The lowest BCUT2D eigenvalue weighted by atomic mass is 10.1. The SMILES string of the molecule is FC(F)(F)c1cc(Cl)ccc1-n1nc(Cc2cccs2)c2c1NCCCC2. The number of halogens is 4. The Morgan fingerprint density at radius 1 is 1.22 bits per heavy atom. The number of nitrogens with one attached hydrogen (secondary N) is 1. The van der Waals surface area contributed by atoms with Crippen molar-refractivity contribution < 1.29 is 13.2 Å². The van der Waals surface area contributed by atoms with E-state index in [1.54, 1.807) is 11.3 Å². The molecule has 8 heteroatoms. The highest BCUT2D eigenvalue weighted by Gasteiger charge is 2.35. The molecule has 0 saturated heterocycles. The van der Waals surface area contributed by atoms with E-state index >= 15 is 0 Å². The summed E-state index contributed by atoms with van der Waals surface area (Å²) in [5, 5.41) is 9.93. The molecule has 1 aromatic carbocycles. The number of aromatic nitrogens is 2. The van der Waals surface area contributed by atoms with Gasteiger partial charge in [-0.25, -0.2) is 4.68 Å². The van der Waals surface area contributed by atoms with Gasteiger partial charge in [0.1, 0.15) is 5.82 Å². The number of rotatable bonds is 3. The predicted octanol–water partition coefficient (Wildman–Crippen LogP) is 5.95. The van der Waals surface area contributed by atoms with Crippen LogP contribution in [-0.4, -0.2) is 16.3 Å². The second-order valence-corrected chi connectivity index (χ2v) is 7.95. The minimum atomic E-state index is -4.52. The lowest BCUT2D eigenvalue weighted by Crippen LogP contribution is -2.14. The van der Waals surface area contributed by atoms with Crippen LogP contribution >= 0.6 is 22.9 Å². The van der Waals surface area contributed by atoms with Crippen LogP contribution < -0.4 is 5.32 Å². The molecule has 3 heterocycles. The Balaban J connectivity index is 1.88.